The average molecular weight is 675 g/mol. The number of carbonyl (C=O) groups excluding carboxylic acids is 3. The lowest BCUT2D eigenvalue weighted by atomic mass is 10.0. The van der Waals surface area contributed by atoms with Crippen LogP contribution in [0.5, 0.6) is 0 Å². The lowest BCUT2D eigenvalue weighted by Gasteiger charge is -2.25. The van der Waals surface area contributed by atoms with E-state index in [2.05, 4.69) is 5.32 Å². The third kappa shape index (κ3) is 7.32. The number of ketones is 1. The number of nitrogens with zero attached hydrogens (tertiary/aromatic N) is 1. The molecule has 0 spiro atoms. The predicted molar refractivity (Wildman–Crippen MR) is 166 cm³/mol. The summed E-state index contributed by atoms with van der Waals surface area (Å²) in [7, 11) is 1.39. The lowest BCUT2D eigenvalue weighted by Crippen LogP contribution is -2.34. The first kappa shape index (κ1) is 32.4. The summed E-state index contributed by atoms with van der Waals surface area (Å²) in [6, 6.07) is 13.4. The Morgan fingerprint density at radius 2 is 1.62 bits per heavy atom. The Morgan fingerprint density at radius 1 is 0.976 bits per heavy atom. The largest absolute Gasteiger partial charge is 0.443 e. The van der Waals surface area contributed by atoms with Crippen molar-refractivity contribution in [3.8, 4) is 0 Å². The van der Waals surface area contributed by atoms with Gasteiger partial charge in [0.05, 0.1) is 16.6 Å². The lowest BCUT2D eigenvalue weighted by molar-refractivity contribution is -0.117. The van der Waals surface area contributed by atoms with Gasteiger partial charge < -0.3 is 10.1 Å². The molecule has 0 radical (unpaired) electrons. The summed E-state index contributed by atoms with van der Waals surface area (Å²) in [5, 5.41) is 3.67. The van der Waals surface area contributed by atoms with E-state index in [9.17, 15) is 18.8 Å². The normalized spacial score (nSPS) is 17.4. The number of Topliss-reactive ketones (excluding diaryl/α,β-unsaturated/α-hetero) is 1. The van der Waals surface area contributed by atoms with Crippen molar-refractivity contribution in [3.05, 3.63) is 92.2 Å². The number of anilines is 2. The molecule has 12 heteroatoms. The topological polar surface area (TPSA) is 75.7 Å². The van der Waals surface area contributed by atoms with E-state index in [-0.39, 0.29) is 22.7 Å². The summed E-state index contributed by atoms with van der Waals surface area (Å²) in [4.78, 5) is 39.6. The number of carbonyl (C=O) groups is 3. The maximum Gasteiger partial charge on any atom is 0.414 e. The van der Waals surface area contributed by atoms with E-state index >= 15 is 0 Å². The number of alkyl halides is 2. The van der Waals surface area contributed by atoms with Gasteiger partial charge in [-0.15, -0.1) is 23.2 Å². The highest BCUT2D eigenvalue weighted by molar-refractivity contribution is 6.53. The van der Waals surface area contributed by atoms with Crippen LogP contribution in [0, 0.1) is 11.7 Å². The Bertz CT molecular complexity index is 1550. The summed E-state index contributed by atoms with van der Waals surface area (Å²) in [5.74, 6) is -2.92. The monoisotopic (exact) mass is 672 g/mol. The summed E-state index contributed by atoms with van der Waals surface area (Å²) in [6.45, 7) is 5.12. The third-order valence-corrected chi connectivity index (χ3v) is 8.23. The first-order valence-electron chi connectivity index (χ1n) is 12.7. The minimum Gasteiger partial charge on any atom is -0.443 e. The molecular weight excluding hydrogens is 649 g/mol. The molecule has 42 heavy (non-hydrogen) atoms. The van der Waals surface area contributed by atoms with E-state index in [4.69, 9.17) is 62.7 Å². The summed E-state index contributed by atoms with van der Waals surface area (Å²) >= 11 is 31.4. The Labute approximate surface area is 268 Å². The predicted octanol–water partition coefficient (Wildman–Crippen LogP) is 9.11. The first-order valence-corrected chi connectivity index (χ1v) is 14.6. The zero-order valence-corrected chi connectivity index (χ0v) is 26.7. The molecule has 1 aliphatic carbocycles. The molecule has 1 saturated carbocycles. The summed E-state index contributed by atoms with van der Waals surface area (Å²) in [6.07, 6.45) is -0.901. The quantitative estimate of drug-likeness (QED) is 0.200. The molecule has 1 fully saturated rings. The van der Waals surface area contributed by atoms with Crippen molar-refractivity contribution in [3.63, 3.8) is 0 Å². The first-order chi connectivity index (χ1) is 19.5. The van der Waals surface area contributed by atoms with Gasteiger partial charge in [0.1, 0.15) is 15.8 Å². The molecule has 222 valence electrons. The number of benzene rings is 3. The highest BCUT2D eigenvalue weighted by Gasteiger charge is 2.67. The van der Waals surface area contributed by atoms with E-state index in [1.807, 2.05) is 0 Å². The molecule has 4 rings (SSSR count). The van der Waals surface area contributed by atoms with Crippen LogP contribution in [-0.2, 0) is 16.0 Å². The molecule has 2 amide bonds. The molecule has 0 aromatic heterocycles. The van der Waals surface area contributed by atoms with E-state index in [1.165, 1.54) is 43.4 Å². The van der Waals surface area contributed by atoms with Crippen LogP contribution in [0.4, 0.5) is 20.6 Å². The molecular formula is C30H26Cl5FN2O4. The van der Waals surface area contributed by atoms with Crippen LogP contribution in [0.15, 0.2) is 54.6 Å². The highest BCUT2D eigenvalue weighted by Crippen LogP contribution is 2.65. The van der Waals surface area contributed by atoms with Gasteiger partial charge in [0.25, 0.3) is 0 Å². The standard InChI is InChI=1S/C30H26Cl5FN2O4/c1-29(2,3)42-28(41)38(4)23-8-5-15(9-22(23)36)10-24(39)20-14-19(6-7-21(20)33)37-27(40)26-25(30(26,34)35)16-11-17(31)13-18(32)12-16/h5-9,11-14,25-26H,10H2,1-4H3,(H,37,40). The van der Waals surface area contributed by atoms with E-state index in [0.29, 0.717) is 26.9 Å². The number of rotatable bonds is 7. The molecule has 6 nitrogen and oxygen atoms in total. The van der Waals surface area contributed by atoms with Crippen LogP contribution in [-0.4, -0.2) is 34.8 Å². The zero-order valence-electron chi connectivity index (χ0n) is 22.9. The molecule has 3 aromatic rings. The van der Waals surface area contributed by atoms with Gasteiger partial charge in [0, 0.05) is 40.7 Å². The fraction of sp³-hybridized carbons (Fsp3) is 0.300. The summed E-state index contributed by atoms with van der Waals surface area (Å²) in [5.41, 5.74) is 0.661. The molecule has 0 heterocycles. The Hall–Kier alpha value is -2.55. The Morgan fingerprint density at radius 3 is 2.21 bits per heavy atom. The van der Waals surface area contributed by atoms with Gasteiger partial charge in [-0.1, -0.05) is 40.9 Å². The van der Waals surface area contributed by atoms with Crippen LogP contribution in [0.1, 0.15) is 48.2 Å². The van der Waals surface area contributed by atoms with Crippen LogP contribution in [0.25, 0.3) is 0 Å². The minimum absolute atomic E-state index is 0.00345. The number of ether oxygens (including phenoxy) is 1. The Balaban J connectivity index is 1.46. The molecule has 2 unspecified atom stereocenters. The highest BCUT2D eigenvalue weighted by atomic mass is 35.5. The molecule has 3 aromatic carbocycles. The van der Waals surface area contributed by atoms with Crippen molar-refractivity contribution in [2.45, 2.75) is 43.0 Å². The molecule has 0 bridgehead atoms. The van der Waals surface area contributed by atoms with Gasteiger partial charge in [-0.3, -0.25) is 14.5 Å². The minimum atomic E-state index is -1.38. The van der Waals surface area contributed by atoms with Crippen molar-refractivity contribution in [1.29, 1.82) is 0 Å². The van der Waals surface area contributed by atoms with E-state index < -0.39 is 45.4 Å². The third-order valence-electron chi connectivity index (χ3n) is 6.52. The molecule has 1 N–H and O–H groups in total. The second-order valence-electron chi connectivity index (χ2n) is 10.9. The second-order valence-corrected chi connectivity index (χ2v) is 13.7. The van der Waals surface area contributed by atoms with Crippen LogP contribution in [0.2, 0.25) is 15.1 Å². The van der Waals surface area contributed by atoms with Gasteiger partial charge >= 0.3 is 6.09 Å². The molecule has 0 aliphatic heterocycles. The molecule has 1 aliphatic rings. The van der Waals surface area contributed by atoms with Crippen molar-refractivity contribution in [1.82, 2.24) is 0 Å². The molecule has 0 saturated heterocycles. The smallest absolute Gasteiger partial charge is 0.414 e. The van der Waals surface area contributed by atoms with Crippen LogP contribution < -0.4 is 10.2 Å². The van der Waals surface area contributed by atoms with Gasteiger partial charge in [-0.2, -0.15) is 0 Å². The number of hydrogen-bond donors (Lipinski definition) is 1. The number of nitrogens with one attached hydrogen (secondary N) is 1. The van der Waals surface area contributed by atoms with Gasteiger partial charge in [0.2, 0.25) is 5.91 Å². The van der Waals surface area contributed by atoms with E-state index in [1.54, 1.807) is 39.0 Å². The van der Waals surface area contributed by atoms with Crippen molar-refractivity contribution < 1.29 is 23.5 Å². The maximum absolute atomic E-state index is 14.9. The average Bonchev–Trinajstić information content (AvgIpc) is 3.45. The fourth-order valence-corrected chi connectivity index (χ4v) is 6.09. The summed E-state index contributed by atoms with van der Waals surface area (Å²) < 4.78 is 18.8. The second kappa shape index (κ2) is 12.2. The number of halogens is 6. The van der Waals surface area contributed by atoms with Crippen molar-refractivity contribution >= 4 is 87.2 Å². The van der Waals surface area contributed by atoms with Crippen molar-refractivity contribution in [2.75, 3.05) is 17.3 Å². The Kier molecular flexibility index (Phi) is 9.41. The number of amides is 2. The van der Waals surface area contributed by atoms with Crippen LogP contribution >= 0.6 is 58.0 Å². The van der Waals surface area contributed by atoms with Gasteiger partial charge in [-0.25, -0.2) is 9.18 Å². The number of hydrogen-bond acceptors (Lipinski definition) is 4. The zero-order chi connectivity index (χ0) is 31.1. The van der Waals surface area contributed by atoms with Gasteiger partial charge in [-0.05, 0) is 80.4 Å². The fourth-order valence-electron chi connectivity index (χ4n) is 4.50. The van der Waals surface area contributed by atoms with Crippen LogP contribution in [0.3, 0.4) is 0 Å². The molecule has 2 atom stereocenters. The SMILES string of the molecule is CN(C(=O)OC(C)(C)C)c1ccc(CC(=O)c2cc(NC(=O)C3C(c4cc(Cl)cc(Cl)c4)C3(Cl)Cl)ccc2Cl)cc1F. The van der Waals surface area contributed by atoms with Crippen molar-refractivity contribution in [2.24, 2.45) is 5.92 Å². The van der Waals surface area contributed by atoms with Gasteiger partial charge in [0.15, 0.2) is 5.78 Å². The maximum atomic E-state index is 14.9. The van der Waals surface area contributed by atoms with E-state index in [0.717, 1.165) is 4.90 Å².